The number of carbonyl (C=O) groups is 1. The lowest BCUT2D eigenvalue weighted by Gasteiger charge is -2.24. The van der Waals surface area contributed by atoms with Gasteiger partial charge < -0.3 is 10.3 Å². The van der Waals surface area contributed by atoms with Crippen LogP contribution < -0.4 is 9.62 Å². The molecular weight excluding hydrogens is 484 g/mol. The molecule has 1 amide bonds. The zero-order valence-electron chi connectivity index (χ0n) is 20.0. The Morgan fingerprint density at radius 2 is 1.70 bits per heavy atom. The van der Waals surface area contributed by atoms with E-state index in [0.717, 1.165) is 28.0 Å². The fourth-order valence-electron chi connectivity index (χ4n) is 4.82. The summed E-state index contributed by atoms with van der Waals surface area (Å²) in [4.78, 5) is 21.0. The molecule has 0 bridgehead atoms. The number of para-hydroxylation sites is 3. The summed E-state index contributed by atoms with van der Waals surface area (Å²) in [5.41, 5.74) is 5.28. The maximum atomic E-state index is 13.6. The van der Waals surface area contributed by atoms with Crippen LogP contribution in [0.15, 0.2) is 102 Å². The second-order valence-corrected chi connectivity index (χ2v) is 11.0. The summed E-state index contributed by atoms with van der Waals surface area (Å²) in [6.45, 7) is 1.89. The van der Waals surface area contributed by atoms with E-state index in [0.29, 0.717) is 17.8 Å². The number of H-pyrrole nitrogens is 1. The summed E-state index contributed by atoms with van der Waals surface area (Å²) in [6.07, 6.45) is 0.652. The summed E-state index contributed by atoms with van der Waals surface area (Å²) in [5.74, 6) is 0.359. The number of sulfonamides is 1. The fraction of sp³-hybridized carbons (Fsp3) is 0.103. The van der Waals surface area contributed by atoms with Crippen LogP contribution in [-0.2, 0) is 16.4 Å². The Bertz CT molecular complexity index is 1710. The number of nitrogens with zero attached hydrogens (tertiary/aromatic N) is 2. The molecule has 1 aliphatic rings. The number of carbonyl (C=O) groups excluding carboxylic acids is 1. The monoisotopic (exact) mass is 508 g/mol. The van der Waals surface area contributed by atoms with Crippen molar-refractivity contribution in [1.29, 1.82) is 0 Å². The van der Waals surface area contributed by atoms with E-state index in [1.54, 1.807) is 24.3 Å². The summed E-state index contributed by atoms with van der Waals surface area (Å²) >= 11 is 0. The van der Waals surface area contributed by atoms with E-state index >= 15 is 0 Å². The highest BCUT2D eigenvalue weighted by Crippen LogP contribution is 2.36. The highest BCUT2D eigenvalue weighted by Gasteiger charge is 2.36. The van der Waals surface area contributed by atoms with Gasteiger partial charge in [0.2, 0.25) is 0 Å². The molecule has 6 rings (SSSR count). The second-order valence-electron chi connectivity index (χ2n) is 9.14. The minimum atomic E-state index is -3.83. The van der Waals surface area contributed by atoms with E-state index in [4.69, 9.17) is 0 Å². The Kier molecular flexibility index (Phi) is 5.53. The number of aromatic nitrogens is 2. The van der Waals surface area contributed by atoms with E-state index in [-0.39, 0.29) is 22.4 Å². The Labute approximate surface area is 214 Å². The normalized spacial score (nSPS) is 15.1. The summed E-state index contributed by atoms with van der Waals surface area (Å²) in [7, 11) is -3.83. The lowest BCUT2D eigenvalue weighted by atomic mass is 10.1. The van der Waals surface area contributed by atoms with Gasteiger partial charge in [0.05, 0.1) is 21.6 Å². The largest absolute Gasteiger partial charge is 0.338 e. The zero-order valence-corrected chi connectivity index (χ0v) is 20.9. The molecule has 0 radical (unpaired) electrons. The van der Waals surface area contributed by atoms with Gasteiger partial charge in [0.1, 0.15) is 5.82 Å². The van der Waals surface area contributed by atoms with Gasteiger partial charge in [-0.15, -0.1) is 0 Å². The topological polar surface area (TPSA) is 95.2 Å². The van der Waals surface area contributed by atoms with Crippen molar-refractivity contribution in [3.8, 4) is 11.4 Å². The molecule has 5 aromatic rings. The van der Waals surface area contributed by atoms with Crippen molar-refractivity contribution in [3.05, 3.63) is 108 Å². The number of aromatic amines is 1. The standard InChI is InChI=1S/C29H24N4O3S/c1-19-17-21-7-2-5-12-27(21)33(19)37(35,36)24-9-6-8-22(18-24)29(34)30-23-15-13-20(14-16-23)28-31-25-10-3-4-11-26(25)32-28/h2-16,18-19H,17H2,1H3,(H,30,34)(H,31,32). The van der Waals surface area contributed by atoms with Crippen LogP contribution in [0.2, 0.25) is 0 Å². The van der Waals surface area contributed by atoms with Crippen LogP contribution in [0, 0.1) is 0 Å². The van der Waals surface area contributed by atoms with Crippen molar-refractivity contribution < 1.29 is 13.2 Å². The molecule has 1 atom stereocenters. The molecular formula is C29H24N4O3S. The maximum Gasteiger partial charge on any atom is 0.264 e. The van der Waals surface area contributed by atoms with Crippen molar-refractivity contribution in [2.24, 2.45) is 0 Å². The second kappa shape index (κ2) is 8.90. The first-order valence-corrected chi connectivity index (χ1v) is 13.4. The van der Waals surface area contributed by atoms with Gasteiger partial charge in [-0.2, -0.15) is 0 Å². The first kappa shape index (κ1) is 23.0. The van der Waals surface area contributed by atoms with Crippen LogP contribution >= 0.6 is 0 Å². The SMILES string of the molecule is CC1Cc2ccccc2N1S(=O)(=O)c1cccc(C(=O)Nc2ccc(-c3nc4ccccc4[nH]3)cc2)c1. The Hall–Kier alpha value is -4.43. The van der Waals surface area contributed by atoms with E-state index in [9.17, 15) is 13.2 Å². The highest BCUT2D eigenvalue weighted by atomic mass is 32.2. The number of anilines is 2. The van der Waals surface area contributed by atoms with Crippen molar-refractivity contribution >= 4 is 38.3 Å². The molecule has 1 aliphatic heterocycles. The Balaban J connectivity index is 1.22. The summed E-state index contributed by atoms with van der Waals surface area (Å²) < 4.78 is 28.6. The molecule has 1 unspecified atom stereocenters. The molecule has 0 spiro atoms. The minimum Gasteiger partial charge on any atom is -0.338 e. The van der Waals surface area contributed by atoms with Crippen molar-refractivity contribution in [2.75, 3.05) is 9.62 Å². The minimum absolute atomic E-state index is 0.0870. The molecule has 0 fully saturated rings. The van der Waals surface area contributed by atoms with Crippen LogP contribution in [0.5, 0.6) is 0 Å². The maximum absolute atomic E-state index is 13.6. The molecule has 37 heavy (non-hydrogen) atoms. The molecule has 7 nitrogen and oxygen atoms in total. The predicted octanol–water partition coefficient (Wildman–Crippen LogP) is 5.62. The molecule has 2 N–H and O–H groups in total. The number of amides is 1. The molecule has 0 aliphatic carbocycles. The lowest BCUT2D eigenvalue weighted by molar-refractivity contribution is 0.102. The molecule has 4 aromatic carbocycles. The smallest absolute Gasteiger partial charge is 0.264 e. The number of benzene rings is 4. The first-order valence-electron chi connectivity index (χ1n) is 12.0. The number of hydrogen-bond donors (Lipinski definition) is 2. The number of rotatable bonds is 5. The van der Waals surface area contributed by atoms with E-state index in [2.05, 4.69) is 15.3 Å². The number of fused-ring (bicyclic) bond motifs is 2. The van der Waals surface area contributed by atoms with Crippen molar-refractivity contribution in [2.45, 2.75) is 24.3 Å². The van der Waals surface area contributed by atoms with Crippen LogP contribution in [0.1, 0.15) is 22.8 Å². The molecule has 184 valence electrons. The predicted molar refractivity (Wildman–Crippen MR) is 145 cm³/mol. The fourth-order valence-corrected chi connectivity index (χ4v) is 6.56. The molecule has 2 heterocycles. The van der Waals surface area contributed by atoms with Crippen LogP contribution in [0.3, 0.4) is 0 Å². The average Bonchev–Trinajstić information content (AvgIpc) is 3.50. The van der Waals surface area contributed by atoms with Crippen LogP contribution in [0.4, 0.5) is 11.4 Å². The average molecular weight is 509 g/mol. The molecule has 8 heteroatoms. The van der Waals surface area contributed by atoms with Crippen LogP contribution in [0.25, 0.3) is 22.4 Å². The van der Waals surface area contributed by atoms with Gasteiger partial charge in [0, 0.05) is 22.9 Å². The number of imidazole rings is 1. The zero-order chi connectivity index (χ0) is 25.6. The summed E-state index contributed by atoms with van der Waals surface area (Å²) in [6, 6.07) is 28.6. The van der Waals surface area contributed by atoms with Gasteiger partial charge in [0.25, 0.3) is 15.9 Å². The number of hydrogen-bond acceptors (Lipinski definition) is 4. The van der Waals surface area contributed by atoms with Gasteiger partial charge in [-0.3, -0.25) is 9.10 Å². The van der Waals surface area contributed by atoms with Gasteiger partial charge in [-0.1, -0.05) is 36.4 Å². The third-order valence-electron chi connectivity index (χ3n) is 6.60. The van der Waals surface area contributed by atoms with Crippen LogP contribution in [-0.4, -0.2) is 30.3 Å². The quantitative estimate of drug-likeness (QED) is 0.322. The van der Waals surface area contributed by atoms with Gasteiger partial charge in [0.15, 0.2) is 0 Å². The highest BCUT2D eigenvalue weighted by molar-refractivity contribution is 7.92. The Morgan fingerprint density at radius 1 is 0.946 bits per heavy atom. The molecule has 0 saturated heterocycles. The number of nitrogens with one attached hydrogen (secondary N) is 2. The van der Waals surface area contributed by atoms with E-state index in [1.807, 2.05) is 67.6 Å². The van der Waals surface area contributed by atoms with Gasteiger partial charge in [-0.25, -0.2) is 13.4 Å². The van der Waals surface area contributed by atoms with Gasteiger partial charge in [-0.05, 0) is 79.6 Å². The third kappa shape index (κ3) is 4.15. The third-order valence-corrected chi connectivity index (χ3v) is 8.53. The molecule has 0 saturated carbocycles. The van der Waals surface area contributed by atoms with Gasteiger partial charge >= 0.3 is 0 Å². The molecule has 1 aromatic heterocycles. The van der Waals surface area contributed by atoms with Crippen molar-refractivity contribution in [3.63, 3.8) is 0 Å². The van der Waals surface area contributed by atoms with Crippen molar-refractivity contribution in [1.82, 2.24) is 9.97 Å². The summed E-state index contributed by atoms with van der Waals surface area (Å²) in [5, 5.41) is 2.86. The Morgan fingerprint density at radius 3 is 2.51 bits per heavy atom. The van der Waals surface area contributed by atoms with E-state index in [1.165, 1.54) is 16.4 Å². The van der Waals surface area contributed by atoms with E-state index < -0.39 is 10.0 Å². The first-order chi connectivity index (χ1) is 17.9. The lowest BCUT2D eigenvalue weighted by Crippen LogP contribution is -2.35.